The number of nitrogens with zero attached hydrogens (tertiary/aromatic N) is 3. The normalized spacial score (nSPS) is 12.5. The number of hydrogen-bond donors (Lipinski definition) is 0. The fourth-order valence-electron chi connectivity index (χ4n) is 8.33. The molecule has 0 atom stereocenters. The zero-order valence-corrected chi connectivity index (χ0v) is 30.0. The molecule has 0 saturated heterocycles. The van der Waals surface area contributed by atoms with E-state index in [9.17, 15) is 0 Å². The highest BCUT2D eigenvalue weighted by Crippen LogP contribution is 2.56. The third kappa shape index (κ3) is 5.57. The van der Waals surface area contributed by atoms with Crippen LogP contribution < -0.4 is 0 Å². The van der Waals surface area contributed by atoms with E-state index >= 15 is 0 Å². The van der Waals surface area contributed by atoms with Gasteiger partial charge in [-0.15, -0.1) is 0 Å². The van der Waals surface area contributed by atoms with Crippen molar-refractivity contribution >= 4 is 0 Å². The van der Waals surface area contributed by atoms with E-state index in [4.69, 9.17) is 15.0 Å². The van der Waals surface area contributed by atoms with E-state index in [1.54, 1.807) is 0 Å². The summed E-state index contributed by atoms with van der Waals surface area (Å²) in [6, 6.07) is 75.1. The summed E-state index contributed by atoms with van der Waals surface area (Å²) in [7, 11) is 0. The van der Waals surface area contributed by atoms with Crippen LogP contribution in [0.5, 0.6) is 0 Å². The minimum absolute atomic E-state index is 0.531. The highest BCUT2D eigenvalue weighted by Gasteiger charge is 2.46. The zero-order valence-electron chi connectivity index (χ0n) is 30.0. The monoisotopic (exact) mass is 701 g/mol. The molecule has 1 aliphatic rings. The Hall–Kier alpha value is -7.23. The number of hydrogen-bond acceptors (Lipinski definition) is 3. The first-order valence-electron chi connectivity index (χ1n) is 18.7. The van der Waals surface area contributed by atoms with Gasteiger partial charge in [-0.25, -0.2) is 15.0 Å². The second kappa shape index (κ2) is 13.6. The van der Waals surface area contributed by atoms with Crippen LogP contribution >= 0.6 is 0 Å². The molecule has 0 radical (unpaired) electrons. The Kier molecular flexibility index (Phi) is 8.04. The lowest BCUT2D eigenvalue weighted by Gasteiger charge is -2.34. The molecular weight excluding hydrogens is 667 g/mol. The van der Waals surface area contributed by atoms with Gasteiger partial charge in [0.25, 0.3) is 0 Å². The maximum absolute atomic E-state index is 5.30. The Morgan fingerprint density at radius 1 is 0.255 bits per heavy atom. The Bertz CT molecular complexity index is 2740. The number of benzene rings is 8. The zero-order chi connectivity index (χ0) is 36.6. The van der Waals surface area contributed by atoms with Gasteiger partial charge in [0.2, 0.25) is 0 Å². The number of fused-ring (bicyclic) bond motifs is 3. The van der Waals surface area contributed by atoms with Crippen LogP contribution in [0.25, 0.3) is 67.5 Å². The largest absolute Gasteiger partial charge is 0.208 e. The highest BCUT2D eigenvalue weighted by molar-refractivity contribution is 5.88. The lowest BCUT2D eigenvalue weighted by molar-refractivity contribution is 0.768. The summed E-state index contributed by atoms with van der Waals surface area (Å²) in [5.41, 5.74) is 14.2. The summed E-state index contributed by atoms with van der Waals surface area (Å²) in [5.74, 6) is 1.89. The van der Waals surface area contributed by atoms with Gasteiger partial charge in [0.1, 0.15) is 0 Å². The molecular formula is C52H35N3. The average Bonchev–Trinajstić information content (AvgIpc) is 3.58. The van der Waals surface area contributed by atoms with Crippen LogP contribution in [0.1, 0.15) is 22.3 Å². The number of aromatic nitrogens is 3. The third-order valence-electron chi connectivity index (χ3n) is 10.9. The first-order valence-corrected chi connectivity index (χ1v) is 18.7. The molecule has 1 heterocycles. The summed E-state index contributed by atoms with van der Waals surface area (Å²) in [6.07, 6.45) is 0. The average molecular weight is 702 g/mol. The molecule has 258 valence electrons. The van der Waals surface area contributed by atoms with Crippen molar-refractivity contribution < 1.29 is 0 Å². The summed E-state index contributed by atoms with van der Waals surface area (Å²) >= 11 is 0. The molecule has 0 N–H and O–H groups in total. The van der Waals surface area contributed by atoms with Crippen molar-refractivity contribution in [1.82, 2.24) is 15.0 Å². The van der Waals surface area contributed by atoms with E-state index < -0.39 is 5.41 Å². The molecule has 0 amide bonds. The quantitative estimate of drug-likeness (QED) is 0.166. The lowest BCUT2D eigenvalue weighted by Crippen LogP contribution is -2.28. The Balaban J connectivity index is 1.20. The van der Waals surface area contributed by atoms with Gasteiger partial charge in [-0.05, 0) is 61.7 Å². The van der Waals surface area contributed by atoms with Gasteiger partial charge < -0.3 is 0 Å². The van der Waals surface area contributed by atoms with Gasteiger partial charge in [0, 0.05) is 16.7 Å². The molecule has 0 bridgehead atoms. The molecule has 3 heteroatoms. The molecule has 10 rings (SSSR count). The van der Waals surface area contributed by atoms with Gasteiger partial charge in [-0.2, -0.15) is 0 Å². The van der Waals surface area contributed by atoms with Gasteiger partial charge in [-0.3, -0.25) is 0 Å². The maximum Gasteiger partial charge on any atom is 0.164 e. The molecule has 0 saturated carbocycles. The van der Waals surface area contributed by atoms with E-state index in [-0.39, 0.29) is 0 Å². The molecule has 9 aromatic rings. The predicted molar refractivity (Wildman–Crippen MR) is 224 cm³/mol. The van der Waals surface area contributed by atoms with Crippen molar-refractivity contribution in [3.05, 3.63) is 235 Å². The van der Waals surface area contributed by atoms with E-state index in [1.807, 2.05) is 12.1 Å². The Morgan fingerprint density at radius 2 is 0.673 bits per heavy atom. The van der Waals surface area contributed by atoms with Crippen LogP contribution in [-0.4, -0.2) is 15.0 Å². The second-order valence-electron chi connectivity index (χ2n) is 13.9. The summed E-state index contributed by atoms with van der Waals surface area (Å²) in [5, 5.41) is 0. The van der Waals surface area contributed by atoms with Crippen LogP contribution in [0, 0.1) is 0 Å². The summed E-state index contributed by atoms with van der Waals surface area (Å²) in [4.78, 5) is 15.7. The summed E-state index contributed by atoms with van der Waals surface area (Å²) in [6.45, 7) is 0. The fourth-order valence-corrected chi connectivity index (χ4v) is 8.33. The second-order valence-corrected chi connectivity index (χ2v) is 13.9. The van der Waals surface area contributed by atoms with Crippen LogP contribution in [0.4, 0.5) is 0 Å². The standard InChI is InChI=1S/C52H35N3/c1-5-17-36(18-6-1)37-29-31-39(32-30-37)49-53-50(55-51(54-49)46-27-14-13-25-43(46)38-19-7-2-8-20-38)40-33-34-45-44-26-15-16-28-47(44)52(48(45)35-40,41-21-9-3-10-22-41)42-23-11-4-12-24-42/h1-35H. The Morgan fingerprint density at radius 3 is 1.31 bits per heavy atom. The van der Waals surface area contributed by atoms with E-state index in [0.717, 1.165) is 33.4 Å². The van der Waals surface area contributed by atoms with Gasteiger partial charge in [-0.1, -0.05) is 206 Å². The predicted octanol–water partition coefficient (Wildman–Crippen LogP) is 12.6. The van der Waals surface area contributed by atoms with Gasteiger partial charge in [0.05, 0.1) is 5.41 Å². The molecule has 0 fully saturated rings. The SMILES string of the molecule is c1ccc(-c2ccc(-c3nc(-c4ccc5c(c4)C(c4ccccc4)(c4ccccc4)c4ccccc4-5)nc(-c4ccccc4-c4ccccc4)n3)cc2)cc1. The van der Waals surface area contributed by atoms with Crippen LogP contribution in [0.15, 0.2) is 212 Å². The van der Waals surface area contributed by atoms with E-state index in [0.29, 0.717) is 17.5 Å². The Labute approximate surface area is 321 Å². The smallest absolute Gasteiger partial charge is 0.164 e. The first kappa shape index (κ1) is 32.4. The van der Waals surface area contributed by atoms with Crippen molar-refractivity contribution in [2.45, 2.75) is 5.41 Å². The molecule has 1 aliphatic carbocycles. The molecule has 55 heavy (non-hydrogen) atoms. The van der Waals surface area contributed by atoms with Gasteiger partial charge in [0.15, 0.2) is 17.5 Å². The van der Waals surface area contributed by atoms with Crippen LogP contribution in [-0.2, 0) is 5.41 Å². The molecule has 8 aromatic carbocycles. The van der Waals surface area contributed by atoms with Gasteiger partial charge >= 0.3 is 0 Å². The molecule has 1 aromatic heterocycles. The van der Waals surface area contributed by atoms with Crippen LogP contribution in [0.3, 0.4) is 0 Å². The molecule has 3 nitrogen and oxygen atoms in total. The third-order valence-corrected chi connectivity index (χ3v) is 10.9. The first-order chi connectivity index (χ1) is 27.3. The minimum atomic E-state index is -0.531. The topological polar surface area (TPSA) is 38.7 Å². The van der Waals surface area contributed by atoms with Crippen molar-refractivity contribution in [1.29, 1.82) is 0 Å². The summed E-state index contributed by atoms with van der Waals surface area (Å²) < 4.78 is 0. The van der Waals surface area contributed by atoms with Crippen molar-refractivity contribution in [2.75, 3.05) is 0 Å². The van der Waals surface area contributed by atoms with Crippen molar-refractivity contribution in [2.24, 2.45) is 0 Å². The molecule has 0 spiro atoms. The van der Waals surface area contributed by atoms with Crippen LogP contribution in [0.2, 0.25) is 0 Å². The molecule has 0 aliphatic heterocycles. The lowest BCUT2D eigenvalue weighted by atomic mass is 9.67. The van der Waals surface area contributed by atoms with Crippen molar-refractivity contribution in [3.8, 4) is 67.5 Å². The van der Waals surface area contributed by atoms with E-state index in [2.05, 4.69) is 200 Å². The minimum Gasteiger partial charge on any atom is -0.208 e. The number of rotatable bonds is 7. The highest BCUT2D eigenvalue weighted by atomic mass is 15.0. The molecule has 0 unspecified atom stereocenters. The maximum atomic E-state index is 5.30. The van der Waals surface area contributed by atoms with Crippen molar-refractivity contribution in [3.63, 3.8) is 0 Å². The van der Waals surface area contributed by atoms with E-state index in [1.165, 1.54) is 38.9 Å². The fraction of sp³-hybridized carbons (Fsp3) is 0.0192.